The second-order valence-corrected chi connectivity index (χ2v) is 11.3. The summed E-state index contributed by atoms with van der Waals surface area (Å²) in [4.78, 5) is 23.7. The number of aliphatic hydroxyl groups excluding tert-OH is 1. The Morgan fingerprint density at radius 3 is 2.58 bits per heavy atom. The molecule has 8 atom stereocenters. The van der Waals surface area contributed by atoms with Crippen molar-refractivity contribution in [1.29, 1.82) is 0 Å². The van der Waals surface area contributed by atoms with Crippen LogP contribution in [0.4, 0.5) is 9.59 Å². The highest BCUT2D eigenvalue weighted by molar-refractivity contribution is 5.67. The molecule has 4 rings (SSSR count). The fourth-order valence-electron chi connectivity index (χ4n) is 8.17. The number of hydrogen-bond donors (Lipinski definition) is 3. The lowest BCUT2D eigenvalue weighted by atomic mass is 9.47. The van der Waals surface area contributed by atoms with Crippen LogP contribution in [0.1, 0.15) is 71.6 Å². The fraction of sp³-hybridized carbons (Fsp3) is 0.846. The molecule has 0 aliphatic heterocycles. The van der Waals surface area contributed by atoms with E-state index >= 15 is 0 Å². The van der Waals surface area contributed by atoms with Crippen LogP contribution in [0.3, 0.4) is 0 Å². The largest absolute Gasteiger partial charge is 0.449 e. The number of hydrogen-bond acceptors (Lipinski definition) is 5. The van der Waals surface area contributed by atoms with Gasteiger partial charge in [-0.3, -0.25) is 0 Å². The van der Waals surface area contributed by atoms with Crippen molar-refractivity contribution < 1.29 is 24.2 Å². The Morgan fingerprint density at radius 1 is 1.09 bits per heavy atom. The lowest BCUT2D eigenvalue weighted by molar-refractivity contribution is -0.0749. The third-order valence-electron chi connectivity index (χ3n) is 9.90. The van der Waals surface area contributed by atoms with E-state index in [4.69, 9.17) is 9.47 Å². The third-order valence-corrected chi connectivity index (χ3v) is 9.90. The van der Waals surface area contributed by atoms with Crippen LogP contribution in [-0.2, 0) is 9.47 Å². The molecule has 0 saturated heterocycles. The summed E-state index contributed by atoms with van der Waals surface area (Å²) in [7, 11) is 3.12. The van der Waals surface area contributed by atoms with Gasteiger partial charge in [-0.05, 0) is 80.0 Å². The van der Waals surface area contributed by atoms with E-state index in [9.17, 15) is 14.7 Å². The maximum atomic E-state index is 12.2. The predicted octanol–water partition coefficient (Wildman–Crippen LogP) is 4.40. The van der Waals surface area contributed by atoms with Crippen LogP contribution >= 0.6 is 0 Å². The van der Waals surface area contributed by atoms with E-state index < -0.39 is 12.2 Å². The number of allylic oxidation sites excluding steroid dienone is 1. The fourth-order valence-corrected chi connectivity index (χ4v) is 8.17. The van der Waals surface area contributed by atoms with Gasteiger partial charge < -0.3 is 25.2 Å². The van der Waals surface area contributed by atoms with Crippen LogP contribution in [-0.4, -0.2) is 50.2 Å². The van der Waals surface area contributed by atoms with Gasteiger partial charge in [0, 0.05) is 26.4 Å². The Morgan fingerprint density at radius 2 is 1.85 bits per heavy atom. The van der Waals surface area contributed by atoms with Gasteiger partial charge in [0.2, 0.25) is 0 Å². The van der Waals surface area contributed by atoms with Gasteiger partial charge in [-0.25, -0.2) is 9.59 Å². The van der Waals surface area contributed by atoms with Gasteiger partial charge in [-0.15, -0.1) is 0 Å². The summed E-state index contributed by atoms with van der Waals surface area (Å²) in [6, 6.07) is 0. The Labute approximate surface area is 198 Å². The first-order chi connectivity index (χ1) is 15.7. The number of ether oxygens (including phenoxy) is 2. The van der Waals surface area contributed by atoms with E-state index in [1.807, 2.05) is 0 Å². The standard InChI is InChI=1S/C26H42N2O5/c1-25-12-9-17(29)15-16(25)5-6-18-19-7-8-21(26(19,2)13-10-20(18)25)22(33-24(31)28-4)11-14-32-23(30)27-3/h5,17-22,29H,6-15H2,1-4H3,(H,27,30)(H,28,31). The van der Waals surface area contributed by atoms with Crippen molar-refractivity contribution in [3.8, 4) is 0 Å². The van der Waals surface area contributed by atoms with Crippen LogP contribution in [0.2, 0.25) is 0 Å². The lowest BCUT2D eigenvalue weighted by Gasteiger charge is -2.58. The van der Waals surface area contributed by atoms with Crippen molar-refractivity contribution in [2.24, 2.45) is 34.5 Å². The van der Waals surface area contributed by atoms with Crippen molar-refractivity contribution in [3.05, 3.63) is 11.6 Å². The summed E-state index contributed by atoms with van der Waals surface area (Å²) in [5, 5.41) is 15.3. The Kier molecular flexibility index (Phi) is 7.00. The lowest BCUT2D eigenvalue weighted by Crippen LogP contribution is -2.51. The second-order valence-electron chi connectivity index (χ2n) is 11.3. The van der Waals surface area contributed by atoms with E-state index in [1.165, 1.54) is 12.0 Å². The van der Waals surface area contributed by atoms with Crippen molar-refractivity contribution in [1.82, 2.24) is 10.6 Å². The molecule has 7 nitrogen and oxygen atoms in total. The maximum absolute atomic E-state index is 12.2. The number of carbonyl (C=O) groups is 2. The molecular formula is C26H42N2O5. The predicted molar refractivity (Wildman–Crippen MR) is 126 cm³/mol. The second kappa shape index (κ2) is 9.47. The minimum absolute atomic E-state index is 0.114. The number of alkyl carbamates (subject to hydrolysis) is 2. The van der Waals surface area contributed by atoms with Gasteiger partial charge >= 0.3 is 12.2 Å². The topological polar surface area (TPSA) is 96.9 Å². The number of nitrogens with one attached hydrogen (secondary N) is 2. The number of aliphatic hydroxyl groups is 1. The molecule has 0 aromatic heterocycles. The minimum atomic E-state index is -0.458. The third kappa shape index (κ3) is 4.38. The smallest absolute Gasteiger partial charge is 0.407 e. The highest BCUT2D eigenvalue weighted by Crippen LogP contribution is 2.66. The zero-order chi connectivity index (χ0) is 23.8. The number of fused-ring (bicyclic) bond motifs is 5. The van der Waals surface area contributed by atoms with Crippen molar-refractivity contribution >= 4 is 12.2 Å². The molecule has 3 saturated carbocycles. The molecule has 186 valence electrons. The Bertz CT molecular complexity index is 785. The number of rotatable bonds is 5. The number of amides is 2. The van der Waals surface area contributed by atoms with E-state index in [2.05, 4.69) is 30.6 Å². The normalized spacial score (nSPS) is 40.4. The number of carbonyl (C=O) groups excluding carboxylic acids is 2. The summed E-state index contributed by atoms with van der Waals surface area (Å²) in [5.41, 5.74) is 1.83. The minimum Gasteiger partial charge on any atom is -0.449 e. The molecule has 0 radical (unpaired) electrons. The summed E-state index contributed by atoms with van der Waals surface area (Å²) in [6.07, 6.45) is 10.1. The molecule has 2 amide bonds. The molecular weight excluding hydrogens is 420 g/mol. The van der Waals surface area contributed by atoms with Crippen LogP contribution in [0, 0.1) is 34.5 Å². The monoisotopic (exact) mass is 462 g/mol. The highest BCUT2D eigenvalue weighted by atomic mass is 16.6. The molecule has 3 N–H and O–H groups in total. The molecule has 0 spiro atoms. The first kappa shape index (κ1) is 24.4. The first-order valence-corrected chi connectivity index (χ1v) is 12.8. The Balaban J connectivity index is 1.52. The van der Waals surface area contributed by atoms with Crippen molar-refractivity contribution in [3.63, 3.8) is 0 Å². The van der Waals surface area contributed by atoms with E-state index in [-0.39, 0.29) is 35.6 Å². The van der Waals surface area contributed by atoms with Crippen molar-refractivity contribution in [2.45, 2.75) is 83.8 Å². The van der Waals surface area contributed by atoms with Crippen LogP contribution in [0.5, 0.6) is 0 Å². The summed E-state index contributed by atoms with van der Waals surface area (Å²) < 4.78 is 11.1. The van der Waals surface area contributed by atoms with E-state index in [0.717, 1.165) is 44.9 Å². The van der Waals surface area contributed by atoms with E-state index in [0.29, 0.717) is 24.2 Å². The van der Waals surface area contributed by atoms with Gasteiger partial charge in [0.05, 0.1) is 12.7 Å². The molecule has 8 unspecified atom stereocenters. The zero-order valence-electron chi connectivity index (χ0n) is 20.7. The highest BCUT2D eigenvalue weighted by Gasteiger charge is 2.60. The van der Waals surface area contributed by atoms with Crippen LogP contribution in [0.25, 0.3) is 0 Å². The molecule has 0 bridgehead atoms. The van der Waals surface area contributed by atoms with Crippen molar-refractivity contribution in [2.75, 3.05) is 20.7 Å². The first-order valence-electron chi connectivity index (χ1n) is 12.8. The molecule has 0 aromatic rings. The molecule has 7 heteroatoms. The molecule has 0 heterocycles. The van der Waals surface area contributed by atoms with Gasteiger partial charge in [0.25, 0.3) is 0 Å². The van der Waals surface area contributed by atoms with Gasteiger partial charge in [-0.1, -0.05) is 25.5 Å². The Hall–Kier alpha value is -1.76. The maximum Gasteiger partial charge on any atom is 0.407 e. The van der Waals surface area contributed by atoms with Gasteiger partial charge in [0.15, 0.2) is 0 Å². The molecule has 3 fully saturated rings. The quantitative estimate of drug-likeness (QED) is 0.526. The average Bonchev–Trinajstić information content (AvgIpc) is 3.15. The molecule has 33 heavy (non-hydrogen) atoms. The van der Waals surface area contributed by atoms with Crippen LogP contribution in [0.15, 0.2) is 11.6 Å². The summed E-state index contributed by atoms with van der Waals surface area (Å²) in [5.74, 6) is 2.20. The van der Waals surface area contributed by atoms with E-state index in [1.54, 1.807) is 14.1 Å². The summed E-state index contributed by atoms with van der Waals surface area (Å²) >= 11 is 0. The zero-order valence-corrected chi connectivity index (χ0v) is 20.7. The molecule has 4 aliphatic rings. The molecule has 0 aromatic carbocycles. The summed E-state index contributed by atoms with van der Waals surface area (Å²) in [6.45, 7) is 5.10. The van der Waals surface area contributed by atoms with Gasteiger partial charge in [-0.2, -0.15) is 0 Å². The van der Waals surface area contributed by atoms with Gasteiger partial charge in [0.1, 0.15) is 6.10 Å². The SMILES string of the molecule is CNC(=O)OCCC(OC(=O)NC)C1CCC2C3CC=C4CC(O)CCC4(C)C3CCC12C. The van der Waals surface area contributed by atoms with Crippen LogP contribution < -0.4 is 10.6 Å². The average molecular weight is 463 g/mol. The molecule has 4 aliphatic carbocycles.